The van der Waals surface area contributed by atoms with E-state index in [0.29, 0.717) is 6.04 Å². The fourth-order valence-corrected chi connectivity index (χ4v) is 2.58. The fraction of sp³-hybridized carbons (Fsp3) is 0.647. The first kappa shape index (κ1) is 14.5. The number of hydrogen-bond donors (Lipinski definition) is 1. The normalized spacial score (nSPS) is 18.8. The van der Waals surface area contributed by atoms with Crippen molar-refractivity contribution in [1.29, 1.82) is 0 Å². The van der Waals surface area contributed by atoms with Crippen LogP contribution in [0.15, 0.2) is 30.3 Å². The van der Waals surface area contributed by atoms with Crippen LogP contribution >= 0.6 is 0 Å². The molecule has 2 atom stereocenters. The average molecular weight is 261 g/mol. The monoisotopic (exact) mass is 261 g/mol. The molecule has 0 spiro atoms. The summed E-state index contributed by atoms with van der Waals surface area (Å²) < 4.78 is 0. The van der Waals surface area contributed by atoms with Crippen LogP contribution < -0.4 is 0 Å². The Morgan fingerprint density at radius 1 is 1.16 bits per heavy atom. The molecule has 1 aliphatic carbocycles. The summed E-state index contributed by atoms with van der Waals surface area (Å²) >= 11 is 0. The van der Waals surface area contributed by atoms with Gasteiger partial charge in [0.05, 0.1) is 6.10 Å². The zero-order valence-corrected chi connectivity index (χ0v) is 12.4. The predicted molar refractivity (Wildman–Crippen MR) is 80.0 cm³/mol. The van der Waals surface area contributed by atoms with Crippen molar-refractivity contribution in [2.75, 3.05) is 13.1 Å². The predicted octanol–water partition coefficient (Wildman–Crippen LogP) is 3.48. The molecule has 1 aromatic carbocycles. The van der Waals surface area contributed by atoms with Crippen molar-refractivity contribution in [1.82, 2.24) is 4.90 Å². The topological polar surface area (TPSA) is 23.5 Å². The van der Waals surface area contributed by atoms with Gasteiger partial charge in [0.2, 0.25) is 0 Å². The van der Waals surface area contributed by atoms with E-state index in [0.717, 1.165) is 18.0 Å². The van der Waals surface area contributed by atoms with Gasteiger partial charge in [0.25, 0.3) is 0 Å². The van der Waals surface area contributed by atoms with Gasteiger partial charge in [-0.15, -0.1) is 0 Å². The summed E-state index contributed by atoms with van der Waals surface area (Å²) in [7, 11) is 0. The molecule has 0 bridgehead atoms. The standard InChI is InChI=1S/C17H27NO/c1-13(2)18(12-15-9-10-15)11-14(3)17(19)16-7-5-4-6-8-16/h4-8,13-15,17,19H,9-12H2,1-3H3. The molecule has 2 heteroatoms. The van der Waals surface area contributed by atoms with Crippen molar-refractivity contribution in [2.24, 2.45) is 11.8 Å². The van der Waals surface area contributed by atoms with Crippen LogP contribution in [0.5, 0.6) is 0 Å². The Morgan fingerprint density at radius 3 is 2.32 bits per heavy atom. The second kappa shape index (κ2) is 6.53. The maximum atomic E-state index is 10.4. The summed E-state index contributed by atoms with van der Waals surface area (Å²) in [6.07, 6.45) is 2.42. The van der Waals surface area contributed by atoms with Crippen LogP contribution in [0.4, 0.5) is 0 Å². The lowest BCUT2D eigenvalue weighted by Crippen LogP contribution is -2.37. The molecular formula is C17H27NO. The number of benzene rings is 1. The molecule has 1 aliphatic rings. The highest BCUT2D eigenvalue weighted by Gasteiger charge is 2.27. The summed E-state index contributed by atoms with van der Waals surface area (Å²) in [4.78, 5) is 2.52. The highest BCUT2D eigenvalue weighted by Crippen LogP contribution is 2.31. The Balaban J connectivity index is 1.92. The van der Waals surface area contributed by atoms with Crippen LogP contribution in [0, 0.1) is 11.8 Å². The number of rotatable bonds is 7. The van der Waals surface area contributed by atoms with E-state index in [1.807, 2.05) is 30.3 Å². The Hall–Kier alpha value is -0.860. The first-order valence-electron chi connectivity index (χ1n) is 7.55. The molecule has 0 amide bonds. The van der Waals surface area contributed by atoms with Crippen LogP contribution in [0.25, 0.3) is 0 Å². The Kier molecular flexibility index (Phi) is 5.00. The van der Waals surface area contributed by atoms with E-state index >= 15 is 0 Å². The quantitative estimate of drug-likeness (QED) is 0.812. The minimum absolute atomic E-state index is 0.267. The minimum Gasteiger partial charge on any atom is -0.388 e. The van der Waals surface area contributed by atoms with Gasteiger partial charge in [-0.05, 0) is 44.1 Å². The molecule has 0 radical (unpaired) electrons. The van der Waals surface area contributed by atoms with Gasteiger partial charge in [0.1, 0.15) is 0 Å². The average Bonchev–Trinajstić information content (AvgIpc) is 3.22. The number of aliphatic hydroxyl groups excluding tert-OH is 1. The van der Waals surface area contributed by atoms with Crippen molar-refractivity contribution in [3.63, 3.8) is 0 Å². The number of hydrogen-bond acceptors (Lipinski definition) is 2. The van der Waals surface area contributed by atoms with Crippen molar-refractivity contribution in [3.8, 4) is 0 Å². The Bertz CT molecular complexity index is 372. The van der Waals surface area contributed by atoms with Crippen molar-refractivity contribution < 1.29 is 5.11 Å². The molecule has 2 unspecified atom stereocenters. The molecule has 2 rings (SSSR count). The molecule has 1 aromatic rings. The molecule has 0 aliphatic heterocycles. The van der Waals surface area contributed by atoms with E-state index in [2.05, 4.69) is 25.7 Å². The van der Waals surface area contributed by atoms with Crippen molar-refractivity contribution >= 4 is 0 Å². The molecule has 1 fully saturated rings. The number of nitrogens with zero attached hydrogens (tertiary/aromatic N) is 1. The Morgan fingerprint density at radius 2 is 1.79 bits per heavy atom. The summed E-state index contributed by atoms with van der Waals surface area (Å²) in [5, 5.41) is 10.4. The van der Waals surface area contributed by atoms with Crippen LogP contribution in [-0.4, -0.2) is 29.1 Å². The molecule has 1 N–H and O–H groups in total. The van der Waals surface area contributed by atoms with Crippen molar-refractivity contribution in [3.05, 3.63) is 35.9 Å². The van der Waals surface area contributed by atoms with Gasteiger partial charge in [-0.2, -0.15) is 0 Å². The Labute approximate surface area is 117 Å². The lowest BCUT2D eigenvalue weighted by atomic mass is 9.96. The van der Waals surface area contributed by atoms with Gasteiger partial charge < -0.3 is 10.0 Å². The van der Waals surface area contributed by atoms with Gasteiger partial charge in [-0.1, -0.05) is 37.3 Å². The van der Waals surface area contributed by atoms with Crippen LogP contribution in [0.1, 0.15) is 45.3 Å². The maximum Gasteiger partial charge on any atom is 0.0827 e. The van der Waals surface area contributed by atoms with E-state index in [1.165, 1.54) is 19.4 Å². The van der Waals surface area contributed by atoms with Crippen LogP contribution in [0.3, 0.4) is 0 Å². The van der Waals surface area contributed by atoms with Gasteiger partial charge in [-0.3, -0.25) is 0 Å². The van der Waals surface area contributed by atoms with Crippen molar-refractivity contribution in [2.45, 2.75) is 45.8 Å². The fourth-order valence-electron chi connectivity index (χ4n) is 2.58. The zero-order chi connectivity index (χ0) is 13.8. The van der Waals surface area contributed by atoms with E-state index in [-0.39, 0.29) is 12.0 Å². The summed E-state index contributed by atoms with van der Waals surface area (Å²) in [6.45, 7) is 8.84. The van der Waals surface area contributed by atoms with Crippen LogP contribution in [0.2, 0.25) is 0 Å². The number of aliphatic hydroxyl groups is 1. The molecule has 0 saturated heterocycles. The summed E-state index contributed by atoms with van der Waals surface area (Å²) in [6, 6.07) is 10.6. The van der Waals surface area contributed by atoms with E-state index < -0.39 is 0 Å². The summed E-state index contributed by atoms with van der Waals surface area (Å²) in [5.41, 5.74) is 1.03. The SMILES string of the molecule is CC(CN(CC1CC1)C(C)C)C(O)c1ccccc1. The molecule has 19 heavy (non-hydrogen) atoms. The molecule has 106 valence electrons. The first-order chi connectivity index (χ1) is 9.08. The molecule has 1 saturated carbocycles. The largest absolute Gasteiger partial charge is 0.388 e. The molecule has 0 heterocycles. The summed E-state index contributed by atoms with van der Waals surface area (Å²) in [5.74, 6) is 1.17. The third-order valence-electron chi connectivity index (χ3n) is 4.12. The van der Waals surface area contributed by atoms with Crippen LogP contribution in [-0.2, 0) is 0 Å². The van der Waals surface area contributed by atoms with Gasteiger partial charge in [0, 0.05) is 19.1 Å². The second-order valence-electron chi connectivity index (χ2n) is 6.32. The van der Waals surface area contributed by atoms with Gasteiger partial charge >= 0.3 is 0 Å². The second-order valence-corrected chi connectivity index (χ2v) is 6.32. The molecule has 2 nitrogen and oxygen atoms in total. The highest BCUT2D eigenvalue weighted by molar-refractivity contribution is 5.17. The third kappa shape index (κ3) is 4.32. The molecule has 0 aromatic heterocycles. The third-order valence-corrected chi connectivity index (χ3v) is 4.12. The minimum atomic E-state index is -0.360. The smallest absolute Gasteiger partial charge is 0.0827 e. The lowest BCUT2D eigenvalue weighted by Gasteiger charge is -2.31. The maximum absolute atomic E-state index is 10.4. The lowest BCUT2D eigenvalue weighted by molar-refractivity contribution is 0.0765. The van der Waals surface area contributed by atoms with Gasteiger partial charge in [0.15, 0.2) is 0 Å². The highest BCUT2D eigenvalue weighted by atomic mass is 16.3. The van der Waals surface area contributed by atoms with E-state index in [1.54, 1.807) is 0 Å². The van der Waals surface area contributed by atoms with E-state index in [9.17, 15) is 5.11 Å². The van der Waals surface area contributed by atoms with Gasteiger partial charge in [-0.25, -0.2) is 0 Å². The van der Waals surface area contributed by atoms with E-state index in [4.69, 9.17) is 0 Å². The first-order valence-corrected chi connectivity index (χ1v) is 7.55. The zero-order valence-electron chi connectivity index (χ0n) is 12.4. The molecular weight excluding hydrogens is 234 g/mol.